The quantitative estimate of drug-likeness (QED) is 0.598. The van der Waals surface area contributed by atoms with Gasteiger partial charge in [-0.05, 0) is 50.2 Å². The SMILES string of the molecule is c1ccc2c(c1)c1c3c(nc4c1n2CCC4)CCCC3. The van der Waals surface area contributed by atoms with E-state index in [4.69, 9.17) is 4.98 Å². The third-order valence-corrected chi connectivity index (χ3v) is 5.05. The van der Waals surface area contributed by atoms with Gasteiger partial charge in [0.2, 0.25) is 0 Å². The summed E-state index contributed by atoms with van der Waals surface area (Å²) < 4.78 is 2.52. The highest BCUT2D eigenvalue weighted by Crippen LogP contribution is 2.39. The number of benzene rings is 1. The maximum Gasteiger partial charge on any atom is 0.0713 e. The van der Waals surface area contributed by atoms with E-state index in [9.17, 15) is 0 Å². The molecule has 1 aliphatic heterocycles. The topological polar surface area (TPSA) is 17.8 Å². The smallest absolute Gasteiger partial charge is 0.0713 e. The van der Waals surface area contributed by atoms with E-state index < -0.39 is 0 Å². The van der Waals surface area contributed by atoms with Crippen LogP contribution in [0.25, 0.3) is 21.8 Å². The number of para-hydroxylation sites is 1. The first-order valence-corrected chi connectivity index (χ1v) is 7.85. The molecule has 0 bridgehead atoms. The van der Waals surface area contributed by atoms with Crippen LogP contribution in [0.5, 0.6) is 0 Å². The standard InChI is InChI=1S/C18H18N2/c1-3-8-14-12(6-1)17-13-7-2-4-10-16(13)20-11-5-9-15(19-14)18(17)20/h2,4,7,10H,1,3,5-6,8-9,11H2. The first-order valence-electron chi connectivity index (χ1n) is 7.85. The van der Waals surface area contributed by atoms with Crippen molar-refractivity contribution in [3.63, 3.8) is 0 Å². The van der Waals surface area contributed by atoms with Gasteiger partial charge < -0.3 is 4.57 Å². The third-order valence-electron chi connectivity index (χ3n) is 5.05. The normalized spacial score (nSPS) is 17.6. The predicted octanol–water partition coefficient (Wildman–Crippen LogP) is 4.01. The second kappa shape index (κ2) is 3.85. The maximum atomic E-state index is 5.05. The van der Waals surface area contributed by atoms with E-state index in [1.165, 1.54) is 65.3 Å². The molecule has 20 heavy (non-hydrogen) atoms. The van der Waals surface area contributed by atoms with Crippen molar-refractivity contribution in [1.29, 1.82) is 0 Å². The molecule has 0 amide bonds. The molecule has 1 aliphatic carbocycles. The molecule has 0 radical (unpaired) electrons. The summed E-state index contributed by atoms with van der Waals surface area (Å²) >= 11 is 0. The Kier molecular flexibility index (Phi) is 2.10. The fraction of sp³-hybridized carbons (Fsp3) is 0.389. The summed E-state index contributed by atoms with van der Waals surface area (Å²) in [5.41, 5.74) is 7.14. The summed E-state index contributed by atoms with van der Waals surface area (Å²) in [4.78, 5) is 5.05. The van der Waals surface area contributed by atoms with E-state index in [1.54, 1.807) is 5.56 Å². The summed E-state index contributed by atoms with van der Waals surface area (Å²) in [5.74, 6) is 0. The molecule has 0 saturated carbocycles. The Bertz CT molecular complexity index is 842. The Hall–Kier alpha value is -1.83. The van der Waals surface area contributed by atoms with Crippen LogP contribution >= 0.6 is 0 Å². The lowest BCUT2D eigenvalue weighted by molar-refractivity contribution is 0.624. The molecule has 1 aromatic carbocycles. The highest BCUT2D eigenvalue weighted by Gasteiger charge is 2.24. The minimum Gasteiger partial charge on any atom is -0.339 e. The Morgan fingerprint density at radius 1 is 0.900 bits per heavy atom. The van der Waals surface area contributed by atoms with E-state index in [1.807, 2.05) is 0 Å². The predicted molar refractivity (Wildman–Crippen MR) is 82.2 cm³/mol. The minimum absolute atomic E-state index is 1.15. The zero-order valence-electron chi connectivity index (χ0n) is 11.7. The van der Waals surface area contributed by atoms with Crippen LogP contribution in [0.2, 0.25) is 0 Å². The lowest BCUT2D eigenvalue weighted by Gasteiger charge is -2.21. The Balaban J connectivity index is 2.06. The molecule has 0 atom stereocenters. The lowest BCUT2D eigenvalue weighted by atomic mass is 9.91. The Morgan fingerprint density at radius 3 is 2.75 bits per heavy atom. The molecule has 0 spiro atoms. The lowest BCUT2D eigenvalue weighted by Crippen LogP contribution is -2.13. The number of fused-ring (bicyclic) bond motifs is 5. The average molecular weight is 262 g/mol. The van der Waals surface area contributed by atoms with Crippen LogP contribution in [0.4, 0.5) is 0 Å². The number of aromatic nitrogens is 2. The monoisotopic (exact) mass is 262 g/mol. The number of nitrogens with zero attached hydrogens (tertiary/aromatic N) is 2. The fourth-order valence-corrected chi connectivity index (χ4v) is 4.22. The molecule has 2 heteroatoms. The maximum absolute atomic E-state index is 5.05. The van der Waals surface area contributed by atoms with E-state index in [2.05, 4.69) is 28.8 Å². The zero-order chi connectivity index (χ0) is 13.1. The van der Waals surface area contributed by atoms with Gasteiger partial charge in [0.15, 0.2) is 0 Å². The molecular weight excluding hydrogens is 244 g/mol. The van der Waals surface area contributed by atoms with Gasteiger partial charge in [-0.15, -0.1) is 0 Å². The minimum atomic E-state index is 1.15. The second-order valence-corrected chi connectivity index (χ2v) is 6.19. The molecule has 2 nitrogen and oxygen atoms in total. The number of hydrogen-bond acceptors (Lipinski definition) is 1. The van der Waals surface area contributed by atoms with Crippen LogP contribution in [0.15, 0.2) is 24.3 Å². The average Bonchev–Trinajstić information content (AvgIpc) is 2.85. The van der Waals surface area contributed by atoms with E-state index in [-0.39, 0.29) is 0 Å². The van der Waals surface area contributed by atoms with Crippen molar-refractivity contribution in [1.82, 2.24) is 9.55 Å². The second-order valence-electron chi connectivity index (χ2n) is 6.19. The van der Waals surface area contributed by atoms with Crippen LogP contribution in [0, 0.1) is 0 Å². The van der Waals surface area contributed by atoms with E-state index in [0.29, 0.717) is 0 Å². The van der Waals surface area contributed by atoms with Crippen LogP contribution in [-0.4, -0.2) is 9.55 Å². The van der Waals surface area contributed by atoms with Gasteiger partial charge in [-0.25, -0.2) is 0 Å². The highest BCUT2D eigenvalue weighted by molar-refractivity contribution is 6.11. The van der Waals surface area contributed by atoms with Crippen molar-refractivity contribution in [2.75, 3.05) is 0 Å². The highest BCUT2D eigenvalue weighted by atomic mass is 15.0. The van der Waals surface area contributed by atoms with Crippen molar-refractivity contribution in [2.45, 2.75) is 45.1 Å². The summed E-state index contributed by atoms with van der Waals surface area (Å²) in [6.45, 7) is 1.15. The Labute approximate surface area is 118 Å². The first-order chi connectivity index (χ1) is 9.93. The van der Waals surface area contributed by atoms with Crippen molar-refractivity contribution >= 4 is 21.8 Å². The summed E-state index contributed by atoms with van der Waals surface area (Å²) in [6.07, 6.45) is 7.41. The van der Waals surface area contributed by atoms with Crippen molar-refractivity contribution in [3.8, 4) is 0 Å². The largest absolute Gasteiger partial charge is 0.339 e. The van der Waals surface area contributed by atoms with Gasteiger partial charge in [-0.1, -0.05) is 18.2 Å². The molecule has 5 rings (SSSR count). The van der Waals surface area contributed by atoms with Gasteiger partial charge in [0.1, 0.15) is 0 Å². The van der Waals surface area contributed by atoms with Gasteiger partial charge in [0.05, 0.1) is 11.2 Å². The number of aryl methyl sites for hydroxylation is 4. The first kappa shape index (κ1) is 10.9. The summed E-state index contributed by atoms with van der Waals surface area (Å²) in [5, 5.41) is 2.98. The molecule has 3 heterocycles. The summed E-state index contributed by atoms with van der Waals surface area (Å²) in [6, 6.07) is 8.93. The molecule has 2 aliphatic rings. The van der Waals surface area contributed by atoms with Gasteiger partial charge in [-0.3, -0.25) is 4.98 Å². The molecule has 0 saturated heterocycles. The van der Waals surface area contributed by atoms with Crippen molar-refractivity contribution < 1.29 is 0 Å². The number of rotatable bonds is 0. The molecule has 0 unspecified atom stereocenters. The van der Waals surface area contributed by atoms with Crippen LogP contribution in [0.1, 0.15) is 36.2 Å². The zero-order valence-corrected chi connectivity index (χ0v) is 11.7. The van der Waals surface area contributed by atoms with Crippen LogP contribution < -0.4 is 0 Å². The van der Waals surface area contributed by atoms with Gasteiger partial charge in [-0.2, -0.15) is 0 Å². The fourth-order valence-electron chi connectivity index (χ4n) is 4.22. The summed E-state index contributed by atoms with van der Waals surface area (Å²) in [7, 11) is 0. The molecule has 3 aromatic rings. The molecule has 0 fully saturated rings. The van der Waals surface area contributed by atoms with E-state index >= 15 is 0 Å². The van der Waals surface area contributed by atoms with E-state index in [0.717, 1.165) is 13.0 Å². The molecule has 100 valence electrons. The number of hydrogen-bond donors (Lipinski definition) is 0. The Morgan fingerprint density at radius 2 is 1.75 bits per heavy atom. The van der Waals surface area contributed by atoms with Gasteiger partial charge >= 0.3 is 0 Å². The molecule has 0 N–H and O–H groups in total. The van der Waals surface area contributed by atoms with Crippen molar-refractivity contribution in [2.24, 2.45) is 0 Å². The number of pyridine rings is 1. The van der Waals surface area contributed by atoms with Gasteiger partial charge in [0, 0.05) is 28.5 Å². The van der Waals surface area contributed by atoms with Crippen molar-refractivity contribution in [3.05, 3.63) is 41.2 Å². The van der Waals surface area contributed by atoms with Crippen LogP contribution in [0.3, 0.4) is 0 Å². The third kappa shape index (κ3) is 1.27. The molecular formula is C18H18N2. The molecule has 2 aromatic heterocycles. The van der Waals surface area contributed by atoms with Crippen LogP contribution in [-0.2, 0) is 25.8 Å². The van der Waals surface area contributed by atoms with Gasteiger partial charge in [0.25, 0.3) is 0 Å².